The van der Waals surface area contributed by atoms with Crippen molar-refractivity contribution in [2.24, 2.45) is 0 Å². The van der Waals surface area contributed by atoms with E-state index in [4.69, 9.17) is 5.11 Å². The maximum Gasteiger partial charge on any atom is 0.325 e. The molecule has 0 unspecified atom stereocenters. The molecule has 0 aromatic carbocycles. The highest BCUT2D eigenvalue weighted by molar-refractivity contribution is 5.85. The van der Waals surface area contributed by atoms with E-state index in [2.05, 4.69) is 25.3 Å². The molecule has 2 heterocycles. The van der Waals surface area contributed by atoms with Gasteiger partial charge in [-0.05, 0) is 6.92 Å². The van der Waals surface area contributed by atoms with E-state index < -0.39 is 12.0 Å². The van der Waals surface area contributed by atoms with Crippen LogP contribution >= 0.6 is 0 Å². The maximum absolute atomic E-state index is 10.6. The van der Waals surface area contributed by atoms with Crippen LogP contribution in [0.4, 0.5) is 5.82 Å². The Labute approximate surface area is 84.6 Å². The largest absolute Gasteiger partial charge is 0.480 e. The fraction of sp³-hybridized carbons (Fsp3) is 0.250. The minimum absolute atomic E-state index is 0.437. The van der Waals surface area contributed by atoms with Gasteiger partial charge in [-0.3, -0.25) is 4.79 Å². The molecule has 1 atom stereocenters. The Morgan fingerprint density at radius 1 is 1.53 bits per heavy atom. The number of H-pyrrole nitrogens is 1. The van der Waals surface area contributed by atoms with Crippen LogP contribution in [0.2, 0.25) is 0 Å². The van der Waals surface area contributed by atoms with E-state index in [9.17, 15) is 4.79 Å². The number of aliphatic carboxylic acids is 1. The van der Waals surface area contributed by atoms with Crippen molar-refractivity contribution in [2.75, 3.05) is 5.32 Å². The van der Waals surface area contributed by atoms with Crippen molar-refractivity contribution in [1.82, 2.24) is 19.9 Å². The summed E-state index contributed by atoms with van der Waals surface area (Å²) < 4.78 is 0. The molecule has 2 aromatic rings. The van der Waals surface area contributed by atoms with Crippen molar-refractivity contribution in [3.63, 3.8) is 0 Å². The second-order valence-electron chi connectivity index (χ2n) is 3.03. The summed E-state index contributed by atoms with van der Waals surface area (Å²) in [5.74, 6) is -0.506. The van der Waals surface area contributed by atoms with Crippen LogP contribution in [-0.2, 0) is 4.79 Å². The van der Waals surface area contributed by atoms with E-state index in [0.717, 1.165) is 0 Å². The number of carboxylic acids is 1. The molecular weight excluding hydrogens is 198 g/mol. The lowest BCUT2D eigenvalue weighted by atomic mass is 10.3. The zero-order valence-electron chi connectivity index (χ0n) is 7.93. The van der Waals surface area contributed by atoms with Crippen LogP contribution < -0.4 is 5.32 Å². The van der Waals surface area contributed by atoms with Crippen LogP contribution in [0.1, 0.15) is 6.92 Å². The minimum Gasteiger partial charge on any atom is -0.480 e. The second-order valence-corrected chi connectivity index (χ2v) is 3.03. The Hall–Kier alpha value is -2.18. The highest BCUT2D eigenvalue weighted by atomic mass is 16.4. The quantitative estimate of drug-likeness (QED) is 0.665. The summed E-state index contributed by atoms with van der Waals surface area (Å²) in [5, 5.41) is 11.5. The van der Waals surface area contributed by atoms with Crippen molar-refractivity contribution >= 4 is 23.0 Å². The standard InChI is InChI=1S/C8H9N5O2/c1-4(8(14)15)13-7-5-6(10-2-9-5)11-3-12-7/h2-4H,1H3,(H,14,15)(H2,9,10,11,12,13)/t4-/m1/s1. The molecule has 3 N–H and O–H groups in total. The van der Waals surface area contributed by atoms with Gasteiger partial charge in [-0.1, -0.05) is 0 Å². The van der Waals surface area contributed by atoms with Crippen molar-refractivity contribution in [3.05, 3.63) is 12.7 Å². The van der Waals surface area contributed by atoms with Crippen molar-refractivity contribution < 1.29 is 9.90 Å². The number of rotatable bonds is 3. The highest BCUT2D eigenvalue weighted by Gasteiger charge is 2.13. The fourth-order valence-corrected chi connectivity index (χ4v) is 1.14. The van der Waals surface area contributed by atoms with Crippen LogP contribution in [0, 0.1) is 0 Å². The second kappa shape index (κ2) is 3.52. The van der Waals surface area contributed by atoms with E-state index in [1.165, 1.54) is 19.6 Å². The van der Waals surface area contributed by atoms with Gasteiger partial charge in [0.1, 0.15) is 17.9 Å². The third-order valence-corrected chi connectivity index (χ3v) is 1.95. The molecule has 0 bridgehead atoms. The molecular formula is C8H9N5O2. The summed E-state index contributed by atoms with van der Waals surface area (Å²) in [6.45, 7) is 1.53. The summed E-state index contributed by atoms with van der Waals surface area (Å²) in [4.78, 5) is 25.3. The van der Waals surface area contributed by atoms with E-state index in [0.29, 0.717) is 17.0 Å². The van der Waals surface area contributed by atoms with Gasteiger partial charge in [-0.15, -0.1) is 0 Å². The highest BCUT2D eigenvalue weighted by Crippen LogP contribution is 2.14. The van der Waals surface area contributed by atoms with Crippen LogP contribution in [0.3, 0.4) is 0 Å². The average molecular weight is 207 g/mol. The Bertz CT molecular complexity index is 494. The summed E-state index contributed by atoms with van der Waals surface area (Å²) in [5.41, 5.74) is 1.11. The predicted molar refractivity (Wildman–Crippen MR) is 52.4 cm³/mol. The first kappa shape index (κ1) is 9.38. The fourth-order valence-electron chi connectivity index (χ4n) is 1.14. The zero-order chi connectivity index (χ0) is 10.8. The SMILES string of the molecule is C[C@@H](Nc1ncnc2nc[nH]c12)C(=O)O. The molecule has 0 aliphatic carbocycles. The molecule has 15 heavy (non-hydrogen) atoms. The van der Waals surface area contributed by atoms with Gasteiger partial charge in [-0.25, -0.2) is 15.0 Å². The van der Waals surface area contributed by atoms with E-state index in [1.54, 1.807) is 0 Å². The van der Waals surface area contributed by atoms with Gasteiger partial charge in [0.2, 0.25) is 0 Å². The first-order valence-electron chi connectivity index (χ1n) is 4.32. The lowest BCUT2D eigenvalue weighted by Crippen LogP contribution is -2.26. The number of nitrogens with zero attached hydrogens (tertiary/aromatic N) is 3. The van der Waals surface area contributed by atoms with Crippen molar-refractivity contribution in [1.29, 1.82) is 0 Å². The number of anilines is 1. The first-order chi connectivity index (χ1) is 7.18. The number of imidazole rings is 1. The van der Waals surface area contributed by atoms with E-state index in [-0.39, 0.29) is 0 Å². The first-order valence-corrected chi connectivity index (χ1v) is 4.32. The molecule has 7 nitrogen and oxygen atoms in total. The number of aromatic nitrogens is 4. The molecule has 0 aliphatic rings. The molecule has 0 spiro atoms. The number of aromatic amines is 1. The van der Waals surface area contributed by atoms with Gasteiger partial charge < -0.3 is 15.4 Å². The minimum atomic E-state index is -0.943. The summed E-state index contributed by atoms with van der Waals surface area (Å²) in [6.07, 6.45) is 2.82. The number of nitrogens with one attached hydrogen (secondary N) is 2. The Morgan fingerprint density at radius 3 is 3.07 bits per heavy atom. The monoisotopic (exact) mass is 207 g/mol. The summed E-state index contributed by atoms with van der Waals surface area (Å²) in [6, 6.07) is -0.716. The van der Waals surface area contributed by atoms with Crippen molar-refractivity contribution in [2.45, 2.75) is 13.0 Å². The Balaban J connectivity index is 2.35. The maximum atomic E-state index is 10.6. The molecule has 2 aromatic heterocycles. The molecule has 0 radical (unpaired) electrons. The van der Waals surface area contributed by atoms with Gasteiger partial charge in [0.25, 0.3) is 0 Å². The third-order valence-electron chi connectivity index (χ3n) is 1.95. The third kappa shape index (κ3) is 1.71. The number of fused-ring (bicyclic) bond motifs is 1. The Morgan fingerprint density at radius 2 is 2.33 bits per heavy atom. The van der Waals surface area contributed by atoms with Gasteiger partial charge in [0.15, 0.2) is 11.5 Å². The van der Waals surface area contributed by atoms with E-state index in [1.807, 2.05) is 0 Å². The molecule has 0 aliphatic heterocycles. The molecule has 0 fully saturated rings. The smallest absolute Gasteiger partial charge is 0.325 e. The molecule has 0 saturated heterocycles. The lowest BCUT2D eigenvalue weighted by Gasteiger charge is -2.09. The van der Waals surface area contributed by atoms with Crippen LogP contribution in [0.15, 0.2) is 12.7 Å². The number of carboxylic acid groups (broad SMARTS) is 1. The van der Waals surface area contributed by atoms with Gasteiger partial charge >= 0.3 is 5.97 Å². The zero-order valence-corrected chi connectivity index (χ0v) is 7.93. The molecule has 78 valence electrons. The van der Waals surface area contributed by atoms with Gasteiger partial charge in [0, 0.05) is 0 Å². The normalized spacial score (nSPS) is 12.6. The number of carbonyl (C=O) groups is 1. The summed E-state index contributed by atoms with van der Waals surface area (Å²) >= 11 is 0. The average Bonchev–Trinajstić information content (AvgIpc) is 2.66. The van der Waals surface area contributed by atoms with E-state index >= 15 is 0 Å². The van der Waals surface area contributed by atoms with Crippen molar-refractivity contribution in [3.8, 4) is 0 Å². The molecule has 0 saturated carbocycles. The lowest BCUT2D eigenvalue weighted by molar-refractivity contribution is -0.137. The van der Waals surface area contributed by atoms with Crippen LogP contribution in [0.5, 0.6) is 0 Å². The van der Waals surface area contributed by atoms with Gasteiger partial charge in [-0.2, -0.15) is 0 Å². The number of hydrogen-bond acceptors (Lipinski definition) is 5. The van der Waals surface area contributed by atoms with Gasteiger partial charge in [0.05, 0.1) is 6.33 Å². The summed E-state index contributed by atoms with van der Waals surface area (Å²) in [7, 11) is 0. The molecule has 7 heteroatoms. The Kier molecular flexibility index (Phi) is 2.20. The number of hydrogen-bond donors (Lipinski definition) is 3. The molecule has 0 amide bonds. The molecule has 2 rings (SSSR count). The predicted octanol–water partition coefficient (Wildman–Crippen LogP) is 0.238. The van der Waals surface area contributed by atoms with Crippen LogP contribution in [-0.4, -0.2) is 37.1 Å². The topological polar surface area (TPSA) is 104 Å². The van der Waals surface area contributed by atoms with Crippen LogP contribution in [0.25, 0.3) is 11.2 Å².